The van der Waals surface area contributed by atoms with Gasteiger partial charge in [0.15, 0.2) is 0 Å². The van der Waals surface area contributed by atoms with E-state index in [4.69, 9.17) is 5.11 Å². The third-order valence-electron chi connectivity index (χ3n) is 8.43. The molecule has 3 fully saturated rings. The summed E-state index contributed by atoms with van der Waals surface area (Å²) in [6.07, 6.45) is 10.7. The molecule has 0 aliphatic heterocycles. The van der Waals surface area contributed by atoms with Gasteiger partial charge >= 0.3 is 11.9 Å². The van der Waals surface area contributed by atoms with Gasteiger partial charge in [-0.1, -0.05) is 20.3 Å². The van der Waals surface area contributed by atoms with Gasteiger partial charge in [-0.05, 0) is 85.9 Å². The third kappa shape index (κ3) is 3.46. The number of carboxylic acids is 2. The summed E-state index contributed by atoms with van der Waals surface area (Å²) in [6, 6.07) is 0. The molecule has 0 amide bonds. The van der Waals surface area contributed by atoms with Crippen LogP contribution < -0.4 is 0 Å². The lowest BCUT2D eigenvalue weighted by molar-refractivity contribution is -0.142. The van der Waals surface area contributed by atoms with E-state index in [0.717, 1.165) is 18.3 Å². The quantitative estimate of drug-likeness (QED) is 0.709. The predicted molar refractivity (Wildman–Crippen MR) is 96.2 cm³/mol. The molecule has 0 heterocycles. The summed E-state index contributed by atoms with van der Waals surface area (Å²) in [5.74, 6) is 1.01. The summed E-state index contributed by atoms with van der Waals surface area (Å²) in [4.78, 5) is 22.4. The fraction of sp³-hybridized carbons (Fsp3) is 0.905. The average molecular weight is 350 g/mol. The smallest absolute Gasteiger partial charge is 0.303 e. The van der Waals surface area contributed by atoms with Crippen molar-refractivity contribution in [3.8, 4) is 0 Å². The Balaban J connectivity index is 1.83. The molecule has 3 aliphatic carbocycles. The van der Waals surface area contributed by atoms with E-state index in [9.17, 15) is 14.7 Å². The zero-order valence-electron chi connectivity index (χ0n) is 15.8. The van der Waals surface area contributed by atoms with Gasteiger partial charge in [0, 0.05) is 12.8 Å². The lowest BCUT2D eigenvalue weighted by atomic mass is 9.46. The van der Waals surface area contributed by atoms with Gasteiger partial charge in [-0.3, -0.25) is 9.59 Å². The van der Waals surface area contributed by atoms with Crippen molar-refractivity contribution in [1.29, 1.82) is 0 Å². The van der Waals surface area contributed by atoms with Gasteiger partial charge in [0.1, 0.15) is 0 Å². The van der Waals surface area contributed by atoms with Crippen LogP contribution in [0.25, 0.3) is 0 Å². The molecule has 0 aromatic carbocycles. The SMILES string of the molecule is C[C@@]12CCC[C@@H]1[C@@H]1CC[C@H](CCC(=O)O)[C@@](C)(CCC(=O)O)[C@@H]1CC2. The van der Waals surface area contributed by atoms with Gasteiger partial charge in [0.05, 0.1) is 0 Å². The Hall–Kier alpha value is -1.06. The van der Waals surface area contributed by atoms with E-state index in [1.807, 2.05) is 0 Å². The number of carboxylic acid groups (broad SMARTS) is 2. The minimum atomic E-state index is -0.727. The molecule has 6 atom stereocenters. The lowest BCUT2D eigenvalue weighted by Gasteiger charge is -2.58. The first-order chi connectivity index (χ1) is 11.8. The highest BCUT2D eigenvalue weighted by Crippen LogP contribution is 2.65. The minimum Gasteiger partial charge on any atom is -0.481 e. The third-order valence-corrected chi connectivity index (χ3v) is 8.43. The van der Waals surface area contributed by atoms with E-state index in [1.54, 1.807) is 0 Å². The van der Waals surface area contributed by atoms with Gasteiger partial charge in [-0.15, -0.1) is 0 Å². The molecule has 0 bridgehead atoms. The van der Waals surface area contributed by atoms with Crippen molar-refractivity contribution in [2.45, 2.75) is 84.5 Å². The molecule has 0 spiro atoms. The summed E-state index contributed by atoms with van der Waals surface area (Å²) in [5.41, 5.74) is 0.490. The van der Waals surface area contributed by atoms with E-state index in [2.05, 4.69) is 13.8 Å². The van der Waals surface area contributed by atoms with Gasteiger partial charge in [0.25, 0.3) is 0 Å². The number of hydrogen-bond donors (Lipinski definition) is 2. The second kappa shape index (κ2) is 6.92. The number of fused-ring (bicyclic) bond motifs is 3. The Bertz CT molecular complexity index is 530. The van der Waals surface area contributed by atoms with E-state index in [-0.39, 0.29) is 18.3 Å². The summed E-state index contributed by atoms with van der Waals surface area (Å²) in [6.45, 7) is 4.77. The van der Waals surface area contributed by atoms with Crippen molar-refractivity contribution in [2.75, 3.05) is 0 Å². The fourth-order valence-corrected chi connectivity index (χ4v) is 7.07. The van der Waals surface area contributed by atoms with Crippen LogP contribution in [0.5, 0.6) is 0 Å². The fourth-order valence-electron chi connectivity index (χ4n) is 7.07. The molecular weight excluding hydrogens is 316 g/mol. The van der Waals surface area contributed by atoms with Crippen molar-refractivity contribution < 1.29 is 19.8 Å². The molecule has 2 N–H and O–H groups in total. The highest BCUT2D eigenvalue weighted by Gasteiger charge is 2.56. The monoisotopic (exact) mass is 350 g/mol. The molecule has 0 aromatic heterocycles. The van der Waals surface area contributed by atoms with Crippen molar-refractivity contribution in [2.24, 2.45) is 34.5 Å². The van der Waals surface area contributed by atoms with Gasteiger partial charge in [-0.25, -0.2) is 0 Å². The van der Waals surface area contributed by atoms with Crippen LogP contribution in [0.2, 0.25) is 0 Å². The topological polar surface area (TPSA) is 74.6 Å². The van der Waals surface area contributed by atoms with Gasteiger partial charge in [0.2, 0.25) is 0 Å². The standard InChI is InChI=1S/C21H34O4/c1-20-11-3-4-16(20)15-7-5-14(6-8-18(22)23)21(2,13-10-19(24)25)17(15)9-12-20/h14-17H,3-13H2,1-2H3,(H,22,23)(H,24,25)/t14-,15+,16-,17-,20+,21-/m1/s1. The molecule has 142 valence electrons. The van der Waals surface area contributed by atoms with E-state index >= 15 is 0 Å². The Morgan fingerprint density at radius 2 is 1.64 bits per heavy atom. The van der Waals surface area contributed by atoms with E-state index in [1.165, 1.54) is 38.5 Å². The zero-order chi connectivity index (χ0) is 18.2. The van der Waals surface area contributed by atoms with Crippen LogP contribution in [0, 0.1) is 34.5 Å². The van der Waals surface area contributed by atoms with Crippen molar-refractivity contribution in [3.05, 3.63) is 0 Å². The first kappa shape index (κ1) is 18.7. The Morgan fingerprint density at radius 1 is 0.920 bits per heavy atom. The molecule has 0 radical (unpaired) electrons. The Labute approximate surface area is 151 Å². The van der Waals surface area contributed by atoms with Crippen molar-refractivity contribution >= 4 is 11.9 Å². The second-order valence-electron chi connectivity index (χ2n) is 9.57. The van der Waals surface area contributed by atoms with Crippen molar-refractivity contribution in [1.82, 2.24) is 0 Å². The van der Waals surface area contributed by atoms with Crippen LogP contribution in [0.1, 0.15) is 84.5 Å². The molecule has 4 heteroatoms. The van der Waals surface area contributed by atoms with E-state index in [0.29, 0.717) is 30.1 Å². The zero-order valence-corrected chi connectivity index (χ0v) is 15.8. The number of carbonyl (C=O) groups is 2. The molecule has 4 nitrogen and oxygen atoms in total. The van der Waals surface area contributed by atoms with Crippen LogP contribution in [0.4, 0.5) is 0 Å². The first-order valence-corrected chi connectivity index (χ1v) is 10.2. The molecule has 3 rings (SSSR count). The molecule has 0 unspecified atom stereocenters. The Morgan fingerprint density at radius 3 is 2.32 bits per heavy atom. The highest BCUT2D eigenvalue weighted by atomic mass is 16.4. The Kier molecular flexibility index (Phi) is 5.18. The molecule has 0 saturated heterocycles. The highest BCUT2D eigenvalue weighted by molar-refractivity contribution is 5.67. The predicted octanol–water partition coefficient (Wildman–Crippen LogP) is 4.96. The maximum Gasteiger partial charge on any atom is 0.303 e. The molecular formula is C21H34O4. The van der Waals surface area contributed by atoms with Crippen LogP contribution in [0.15, 0.2) is 0 Å². The second-order valence-corrected chi connectivity index (χ2v) is 9.57. The van der Waals surface area contributed by atoms with Crippen LogP contribution in [0.3, 0.4) is 0 Å². The largest absolute Gasteiger partial charge is 0.481 e. The number of aliphatic carboxylic acids is 2. The number of rotatable bonds is 6. The summed E-state index contributed by atoms with van der Waals surface area (Å²) >= 11 is 0. The van der Waals surface area contributed by atoms with Crippen molar-refractivity contribution in [3.63, 3.8) is 0 Å². The maximum absolute atomic E-state index is 11.3. The van der Waals surface area contributed by atoms with Crippen LogP contribution in [-0.4, -0.2) is 22.2 Å². The molecule has 25 heavy (non-hydrogen) atoms. The first-order valence-electron chi connectivity index (χ1n) is 10.2. The molecule has 3 aliphatic rings. The average Bonchev–Trinajstić information content (AvgIpc) is 2.94. The summed E-state index contributed by atoms with van der Waals surface area (Å²) in [5, 5.41) is 18.4. The minimum absolute atomic E-state index is 0.0132. The molecule has 3 saturated carbocycles. The van der Waals surface area contributed by atoms with Crippen LogP contribution in [-0.2, 0) is 9.59 Å². The normalized spacial score (nSPS) is 43.3. The lowest BCUT2D eigenvalue weighted by Crippen LogP contribution is -2.51. The summed E-state index contributed by atoms with van der Waals surface area (Å²) < 4.78 is 0. The maximum atomic E-state index is 11.3. The number of hydrogen-bond acceptors (Lipinski definition) is 2. The summed E-state index contributed by atoms with van der Waals surface area (Å²) in [7, 11) is 0. The molecule has 0 aromatic rings. The van der Waals surface area contributed by atoms with Crippen LogP contribution >= 0.6 is 0 Å². The van der Waals surface area contributed by atoms with Gasteiger partial charge < -0.3 is 10.2 Å². The van der Waals surface area contributed by atoms with Gasteiger partial charge in [-0.2, -0.15) is 0 Å². The van der Waals surface area contributed by atoms with E-state index < -0.39 is 11.9 Å².